The van der Waals surface area contributed by atoms with Crippen molar-refractivity contribution in [1.29, 1.82) is 0 Å². The van der Waals surface area contributed by atoms with Crippen LogP contribution in [0.15, 0.2) is 42.0 Å². The summed E-state index contributed by atoms with van der Waals surface area (Å²) in [7, 11) is 1.84. The molecule has 0 atom stereocenters. The molecule has 2 aromatic heterocycles. The van der Waals surface area contributed by atoms with Crippen LogP contribution in [0, 0.1) is 0 Å². The standard InChI is InChI=1S/C20H21N5O2S2/c1-24-12-15(11-21-24)20-23-17(13-29-20)19(27)22-16-4-2-14(3-5-16)10-18(26)25-6-8-28-9-7-25/h2-5,11-13H,6-10H2,1H3,(H,22,27). The van der Waals surface area contributed by atoms with E-state index in [4.69, 9.17) is 0 Å². The molecule has 7 nitrogen and oxygen atoms in total. The Morgan fingerprint density at radius 2 is 1.93 bits per heavy atom. The lowest BCUT2D eigenvalue weighted by Crippen LogP contribution is -2.38. The maximum atomic E-state index is 12.5. The zero-order valence-electron chi connectivity index (χ0n) is 16.0. The van der Waals surface area contributed by atoms with E-state index in [-0.39, 0.29) is 11.8 Å². The van der Waals surface area contributed by atoms with Crippen molar-refractivity contribution in [3.05, 3.63) is 53.3 Å². The maximum absolute atomic E-state index is 12.5. The molecule has 150 valence electrons. The number of nitrogens with zero attached hydrogens (tertiary/aromatic N) is 4. The number of carbonyl (C=O) groups is 2. The Hall–Kier alpha value is -2.65. The average Bonchev–Trinajstić information content (AvgIpc) is 3.39. The summed E-state index contributed by atoms with van der Waals surface area (Å²) in [6, 6.07) is 7.41. The number of benzene rings is 1. The molecule has 3 heterocycles. The Morgan fingerprint density at radius 1 is 1.17 bits per heavy atom. The highest BCUT2D eigenvalue weighted by Gasteiger charge is 2.17. The van der Waals surface area contributed by atoms with Crippen molar-refractivity contribution in [2.75, 3.05) is 29.9 Å². The number of carbonyl (C=O) groups excluding carboxylic acids is 2. The largest absolute Gasteiger partial charge is 0.341 e. The van der Waals surface area contributed by atoms with Crippen molar-refractivity contribution >= 4 is 40.6 Å². The topological polar surface area (TPSA) is 80.1 Å². The fourth-order valence-electron chi connectivity index (χ4n) is 3.04. The molecule has 1 aliphatic rings. The van der Waals surface area contributed by atoms with Gasteiger partial charge in [0.25, 0.3) is 5.91 Å². The fourth-order valence-corrected chi connectivity index (χ4v) is 4.72. The summed E-state index contributed by atoms with van der Waals surface area (Å²) in [5.74, 6) is 1.92. The number of aromatic nitrogens is 3. The average molecular weight is 428 g/mol. The number of anilines is 1. The smallest absolute Gasteiger partial charge is 0.275 e. The molecule has 0 unspecified atom stereocenters. The molecule has 1 N–H and O–H groups in total. The second kappa shape index (κ2) is 8.79. The monoisotopic (exact) mass is 427 g/mol. The van der Waals surface area contributed by atoms with Crippen molar-refractivity contribution in [3.8, 4) is 10.6 Å². The maximum Gasteiger partial charge on any atom is 0.275 e. The first kappa shape index (κ1) is 19.7. The van der Waals surface area contributed by atoms with Crippen LogP contribution >= 0.6 is 23.1 Å². The molecule has 9 heteroatoms. The van der Waals surface area contributed by atoms with Gasteiger partial charge in [-0.1, -0.05) is 12.1 Å². The lowest BCUT2D eigenvalue weighted by molar-refractivity contribution is -0.130. The van der Waals surface area contributed by atoms with E-state index in [0.29, 0.717) is 17.8 Å². The third kappa shape index (κ3) is 4.86. The van der Waals surface area contributed by atoms with Crippen LogP contribution in [0.2, 0.25) is 0 Å². The first-order valence-corrected chi connectivity index (χ1v) is 11.3. The van der Waals surface area contributed by atoms with Crippen molar-refractivity contribution in [2.45, 2.75) is 6.42 Å². The minimum Gasteiger partial charge on any atom is -0.341 e. The van der Waals surface area contributed by atoms with E-state index in [1.54, 1.807) is 16.3 Å². The van der Waals surface area contributed by atoms with Crippen LogP contribution in [0.5, 0.6) is 0 Å². The highest BCUT2D eigenvalue weighted by atomic mass is 32.2. The number of thiazole rings is 1. The zero-order chi connectivity index (χ0) is 20.2. The van der Waals surface area contributed by atoms with E-state index in [2.05, 4.69) is 15.4 Å². The number of nitrogens with one attached hydrogen (secondary N) is 1. The minimum absolute atomic E-state index is 0.160. The van der Waals surface area contributed by atoms with Gasteiger partial charge in [0.2, 0.25) is 5.91 Å². The van der Waals surface area contributed by atoms with Crippen LogP contribution in [0.25, 0.3) is 10.6 Å². The zero-order valence-corrected chi connectivity index (χ0v) is 17.6. The predicted octanol–water partition coefficient (Wildman–Crippen LogP) is 2.91. The summed E-state index contributed by atoms with van der Waals surface area (Å²) in [5.41, 5.74) is 2.88. The van der Waals surface area contributed by atoms with Crippen LogP contribution in [0.4, 0.5) is 5.69 Å². The van der Waals surface area contributed by atoms with Gasteiger partial charge in [-0.15, -0.1) is 11.3 Å². The molecule has 0 aliphatic carbocycles. The Bertz CT molecular complexity index is 1010. The molecule has 3 aromatic rings. The summed E-state index contributed by atoms with van der Waals surface area (Å²) in [6.45, 7) is 1.65. The van der Waals surface area contributed by atoms with E-state index in [1.807, 2.05) is 54.2 Å². The van der Waals surface area contributed by atoms with E-state index < -0.39 is 0 Å². The lowest BCUT2D eigenvalue weighted by atomic mass is 10.1. The van der Waals surface area contributed by atoms with Crippen LogP contribution in [-0.2, 0) is 18.3 Å². The van der Waals surface area contributed by atoms with Gasteiger partial charge in [0.1, 0.15) is 10.7 Å². The quantitative estimate of drug-likeness (QED) is 0.677. The fraction of sp³-hybridized carbons (Fsp3) is 0.300. The van der Waals surface area contributed by atoms with Crippen molar-refractivity contribution < 1.29 is 9.59 Å². The third-order valence-corrected chi connectivity index (χ3v) is 6.45. The molecular weight excluding hydrogens is 406 g/mol. The van der Waals surface area contributed by atoms with Gasteiger partial charge in [0, 0.05) is 54.5 Å². The van der Waals surface area contributed by atoms with E-state index >= 15 is 0 Å². The van der Waals surface area contributed by atoms with Crippen LogP contribution in [-0.4, -0.2) is 56.1 Å². The molecule has 1 aliphatic heterocycles. The van der Waals surface area contributed by atoms with Gasteiger partial charge in [0.05, 0.1) is 12.6 Å². The Balaban J connectivity index is 1.35. The Kier molecular flexibility index (Phi) is 5.96. The number of aryl methyl sites for hydroxylation is 1. The molecule has 0 radical (unpaired) electrons. The van der Waals surface area contributed by atoms with Gasteiger partial charge >= 0.3 is 0 Å². The van der Waals surface area contributed by atoms with Crippen molar-refractivity contribution in [2.24, 2.45) is 7.05 Å². The first-order valence-electron chi connectivity index (χ1n) is 9.29. The number of thioether (sulfide) groups is 1. The molecule has 1 fully saturated rings. The van der Waals surface area contributed by atoms with Gasteiger partial charge in [-0.3, -0.25) is 14.3 Å². The second-order valence-electron chi connectivity index (χ2n) is 6.76. The van der Waals surface area contributed by atoms with E-state index in [0.717, 1.165) is 40.7 Å². The summed E-state index contributed by atoms with van der Waals surface area (Å²) >= 11 is 3.30. The SMILES string of the molecule is Cn1cc(-c2nc(C(=O)Nc3ccc(CC(=O)N4CCSCC4)cc3)cs2)cn1. The molecule has 29 heavy (non-hydrogen) atoms. The number of hydrogen-bond donors (Lipinski definition) is 1. The molecule has 4 rings (SSSR count). The normalized spacial score (nSPS) is 14.0. The van der Waals surface area contributed by atoms with Gasteiger partial charge < -0.3 is 10.2 Å². The highest BCUT2D eigenvalue weighted by molar-refractivity contribution is 7.99. The summed E-state index contributed by atoms with van der Waals surface area (Å²) < 4.78 is 1.70. The Morgan fingerprint density at radius 3 is 2.62 bits per heavy atom. The predicted molar refractivity (Wildman–Crippen MR) is 116 cm³/mol. The summed E-state index contributed by atoms with van der Waals surface area (Å²) in [6.07, 6.45) is 3.98. The third-order valence-electron chi connectivity index (χ3n) is 4.62. The van der Waals surface area contributed by atoms with Gasteiger partial charge in [-0.2, -0.15) is 16.9 Å². The summed E-state index contributed by atoms with van der Waals surface area (Å²) in [4.78, 5) is 31.2. The van der Waals surface area contributed by atoms with Crippen LogP contribution in [0.1, 0.15) is 16.1 Å². The number of hydrogen-bond acceptors (Lipinski definition) is 6. The first-order chi connectivity index (χ1) is 14.1. The van der Waals surface area contributed by atoms with Gasteiger partial charge in [-0.05, 0) is 17.7 Å². The molecule has 0 spiro atoms. The van der Waals surface area contributed by atoms with Crippen LogP contribution in [0.3, 0.4) is 0 Å². The molecule has 2 amide bonds. The molecule has 0 saturated carbocycles. The van der Waals surface area contributed by atoms with Gasteiger partial charge in [0.15, 0.2) is 0 Å². The van der Waals surface area contributed by atoms with Crippen LogP contribution < -0.4 is 5.32 Å². The molecular formula is C20H21N5O2S2. The number of rotatable bonds is 5. The Labute approximate surface area is 177 Å². The minimum atomic E-state index is -0.258. The highest BCUT2D eigenvalue weighted by Crippen LogP contribution is 2.23. The lowest BCUT2D eigenvalue weighted by Gasteiger charge is -2.26. The van der Waals surface area contributed by atoms with Gasteiger partial charge in [-0.25, -0.2) is 4.98 Å². The molecule has 0 bridgehead atoms. The number of amides is 2. The molecule has 1 aromatic carbocycles. The van der Waals surface area contributed by atoms with E-state index in [1.165, 1.54) is 11.3 Å². The van der Waals surface area contributed by atoms with E-state index in [9.17, 15) is 9.59 Å². The second-order valence-corrected chi connectivity index (χ2v) is 8.84. The van der Waals surface area contributed by atoms with Crippen molar-refractivity contribution in [1.82, 2.24) is 19.7 Å². The van der Waals surface area contributed by atoms with Crippen molar-refractivity contribution in [3.63, 3.8) is 0 Å². The summed E-state index contributed by atoms with van der Waals surface area (Å²) in [5, 5.41) is 9.48. The molecule has 1 saturated heterocycles.